The number of amides is 1. The van der Waals surface area contributed by atoms with Gasteiger partial charge in [0.2, 0.25) is 0 Å². The minimum atomic E-state index is -0.718. The second-order valence-electron chi connectivity index (χ2n) is 10.9. The van der Waals surface area contributed by atoms with Crippen molar-refractivity contribution in [2.75, 3.05) is 5.32 Å². The minimum absolute atomic E-state index is 0.0453. The van der Waals surface area contributed by atoms with Gasteiger partial charge in [-0.05, 0) is 63.2 Å². The van der Waals surface area contributed by atoms with Gasteiger partial charge in [0, 0.05) is 5.56 Å². The Hall–Kier alpha value is -2.80. The molecule has 200 valence electrons. The van der Waals surface area contributed by atoms with E-state index in [-0.39, 0.29) is 26.8 Å². The number of rotatable bonds is 11. The van der Waals surface area contributed by atoms with Gasteiger partial charge in [0.1, 0.15) is 16.0 Å². The number of nitrogens with one attached hydrogen (secondary N) is 2. The molecule has 1 aromatic heterocycles. The van der Waals surface area contributed by atoms with Crippen LogP contribution in [0.4, 0.5) is 5.82 Å². The third-order valence-corrected chi connectivity index (χ3v) is 8.26. The maximum atomic E-state index is 13.3. The molecule has 1 unspecified atom stereocenters. The van der Waals surface area contributed by atoms with Gasteiger partial charge in [0.05, 0.1) is 6.54 Å². The molecule has 6 nitrogen and oxygen atoms in total. The van der Waals surface area contributed by atoms with Crippen LogP contribution in [0.2, 0.25) is 0 Å². The number of hydrogen-bond donors (Lipinski definition) is 2. The molecular formula is C30H40BrN3O3. The third kappa shape index (κ3) is 6.56. The first-order valence-corrected chi connectivity index (χ1v) is 13.9. The van der Waals surface area contributed by atoms with Crippen molar-refractivity contribution in [3.8, 4) is 5.75 Å². The molecule has 0 aliphatic carbocycles. The number of aromatic nitrogens is 2. The average molecular weight is 571 g/mol. The van der Waals surface area contributed by atoms with E-state index in [0.717, 1.165) is 29.7 Å². The van der Waals surface area contributed by atoms with Gasteiger partial charge in [-0.3, -0.25) is 14.7 Å². The Bertz CT molecular complexity index is 1270. The zero-order valence-corrected chi connectivity index (χ0v) is 24.7. The molecule has 2 aromatic carbocycles. The Kier molecular flexibility index (Phi) is 9.11. The fourth-order valence-corrected chi connectivity index (χ4v) is 4.48. The molecule has 0 fully saturated rings. The Morgan fingerprint density at radius 2 is 1.68 bits per heavy atom. The van der Waals surface area contributed by atoms with Crippen LogP contribution in [0.3, 0.4) is 0 Å². The molecule has 7 heteroatoms. The van der Waals surface area contributed by atoms with E-state index in [2.05, 4.69) is 80.0 Å². The highest BCUT2D eigenvalue weighted by Gasteiger charge is 2.29. The van der Waals surface area contributed by atoms with Crippen LogP contribution in [0, 0.1) is 0 Å². The molecular weight excluding hydrogens is 530 g/mol. The fraction of sp³-hybridized carbons (Fsp3) is 0.467. The molecule has 0 saturated heterocycles. The van der Waals surface area contributed by atoms with Crippen LogP contribution >= 0.6 is 15.9 Å². The second-order valence-corrected chi connectivity index (χ2v) is 11.7. The van der Waals surface area contributed by atoms with E-state index in [1.165, 1.54) is 10.2 Å². The van der Waals surface area contributed by atoms with E-state index in [0.29, 0.717) is 18.8 Å². The highest BCUT2D eigenvalue weighted by atomic mass is 79.9. The lowest BCUT2D eigenvalue weighted by Gasteiger charge is -2.31. The SMILES string of the molecule is CCC(Oc1ccc(C(C)(C)CC)cc1C(C)(C)CC)C(=O)Nc1[nH]n(Cc2ccccc2)c(=O)c1Br. The number of anilines is 1. The van der Waals surface area contributed by atoms with E-state index >= 15 is 0 Å². The van der Waals surface area contributed by atoms with Gasteiger partial charge < -0.3 is 10.1 Å². The first-order valence-electron chi connectivity index (χ1n) is 13.1. The molecule has 1 heterocycles. The third-order valence-electron chi connectivity index (χ3n) is 7.52. The van der Waals surface area contributed by atoms with E-state index < -0.39 is 6.10 Å². The van der Waals surface area contributed by atoms with Crippen molar-refractivity contribution in [2.24, 2.45) is 0 Å². The molecule has 3 rings (SSSR count). The van der Waals surface area contributed by atoms with Gasteiger partial charge in [0.25, 0.3) is 11.5 Å². The van der Waals surface area contributed by atoms with Crippen molar-refractivity contribution in [1.82, 2.24) is 9.78 Å². The van der Waals surface area contributed by atoms with Gasteiger partial charge in [0.15, 0.2) is 6.10 Å². The predicted molar refractivity (Wildman–Crippen MR) is 155 cm³/mol. The van der Waals surface area contributed by atoms with Gasteiger partial charge >= 0.3 is 0 Å². The van der Waals surface area contributed by atoms with Crippen LogP contribution in [0.25, 0.3) is 0 Å². The number of ether oxygens (including phenoxy) is 1. The molecule has 0 spiro atoms. The Balaban J connectivity index is 1.86. The Labute approximate surface area is 228 Å². The first-order chi connectivity index (χ1) is 17.4. The molecule has 37 heavy (non-hydrogen) atoms. The van der Waals surface area contributed by atoms with Crippen LogP contribution in [-0.4, -0.2) is 21.8 Å². The summed E-state index contributed by atoms with van der Waals surface area (Å²) in [7, 11) is 0. The topological polar surface area (TPSA) is 76.1 Å². The van der Waals surface area contributed by atoms with E-state index in [9.17, 15) is 9.59 Å². The number of benzene rings is 2. The average Bonchev–Trinajstić information content (AvgIpc) is 3.15. The molecule has 2 N–H and O–H groups in total. The summed E-state index contributed by atoms with van der Waals surface area (Å²) in [6, 6.07) is 16.0. The first kappa shape index (κ1) is 28.8. The number of halogens is 1. The molecule has 0 bridgehead atoms. The Morgan fingerprint density at radius 1 is 1.03 bits per heavy atom. The van der Waals surface area contributed by atoms with Crippen LogP contribution in [0.5, 0.6) is 5.75 Å². The maximum absolute atomic E-state index is 13.3. The smallest absolute Gasteiger partial charge is 0.283 e. The second kappa shape index (κ2) is 11.7. The Morgan fingerprint density at radius 3 is 2.27 bits per heavy atom. The zero-order valence-electron chi connectivity index (χ0n) is 23.1. The van der Waals surface area contributed by atoms with Crippen molar-refractivity contribution >= 4 is 27.7 Å². The van der Waals surface area contributed by atoms with Crippen molar-refractivity contribution < 1.29 is 9.53 Å². The lowest BCUT2D eigenvalue weighted by Crippen LogP contribution is -2.33. The van der Waals surface area contributed by atoms with Gasteiger partial charge in [-0.25, -0.2) is 4.68 Å². The highest BCUT2D eigenvalue weighted by Crippen LogP contribution is 2.39. The molecule has 1 amide bonds. The molecule has 1 atom stereocenters. The quantitative estimate of drug-likeness (QED) is 0.257. The van der Waals surface area contributed by atoms with Crippen LogP contribution in [0.1, 0.15) is 84.4 Å². The summed E-state index contributed by atoms with van der Waals surface area (Å²) in [5.74, 6) is 0.732. The number of carbonyl (C=O) groups excluding carboxylic acids is 1. The summed E-state index contributed by atoms with van der Waals surface area (Å²) in [6.07, 6.45) is 1.72. The normalized spacial score (nSPS) is 12.9. The summed E-state index contributed by atoms with van der Waals surface area (Å²) < 4.78 is 8.11. The van der Waals surface area contributed by atoms with Crippen LogP contribution in [-0.2, 0) is 22.2 Å². The zero-order chi connectivity index (χ0) is 27.4. The van der Waals surface area contributed by atoms with Crippen molar-refractivity contribution in [3.05, 3.63) is 80.0 Å². The van der Waals surface area contributed by atoms with Crippen molar-refractivity contribution in [3.63, 3.8) is 0 Å². The number of hydrogen-bond acceptors (Lipinski definition) is 3. The summed E-state index contributed by atoms with van der Waals surface area (Å²) in [6.45, 7) is 15.6. The van der Waals surface area contributed by atoms with Gasteiger partial charge in [-0.1, -0.05) is 90.9 Å². The van der Waals surface area contributed by atoms with Crippen molar-refractivity contribution in [2.45, 2.75) is 91.2 Å². The van der Waals surface area contributed by atoms with E-state index in [1.54, 1.807) is 0 Å². The maximum Gasteiger partial charge on any atom is 0.283 e. The highest BCUT2D eigenvalue weighted by molar-refractivity contribution is 9.10. The summed E-state index contributed by atoms with van der Waals surface area (Å²) >= 11 is 3.34. The van der Waals surface area contributed by atoms with E-state index in [4.69, 9.17) is 4.74 Å². The summed E-state index contributed by atoms with van der Waals surface area (Å²) in [4.78, 5) is 26.0. The van der Waals surface area contributed by atoms with E-state index in [1.807, 2.05) is 43.3 Å². The summed E-state index contributed by atoms with van der Waals surface area (Å²) in [5, 5.41) is 5.88. The molecule has 0 aliphatic rings. The standard InChI is InChI=1S/C30H40BrN3O3/c1-8-23(37-24-17-16-21(29(4,5)9-2)18-22(24)30(6,7)10-3)27(35)32-26-25(31)28(36)34(33-26)19-20-14-12-11-13-15-20/h11-18,23,33H,8-10,19H2,1-7H3,(H,32,35). The molecule has 0 radical (unpaired) electrons. The minimum Gasteiger partial charge on any atom is -0.480 e. The largest absolute Gasteiger partial charge is 0.480 e. The fourth-order valence-electron chi connectivity index (χ4n) is 4.08. The number of nitrogens with zero attached hydrogens (tertiary/aromatic N) is 1. The monoisotopic (exact) mass is 569 g/mol. The number of aromatic amines is 1. The van der Waals surface area contributed by atoms with Crippen molar-refractivity contribution in [1.29, 1.82) is 0 Å². The van der Waals surface area contributed by atoms with Crippen LogP contribution in [0.15, 0.2) is 57.8 Å². The molecule has 3 aromatic rings. The lowest BCUT2D eigenvalue weighted by molar-refractivity contribution is -0.122. The molecule has 0 aliphatic heterocycles. The number of H-pyrrole nitrogens is 1. The molecule has 0 saturated carbocycles. The predicted octanol–water partition coefficient (Wildman–Crippen LogP) is 7.16. The van der Waals surface area contributed by atoms with Gasteiger partial charge in [-0.15, -0.1) is 0 Å². The van der Waals surface area contributed by atoms with Crippen LogP contribution < -0.4 is 15.6 Å². The van der Waals surface area contributed by atoms with Gasteiger partial charge in [-0.2, -0.15) is 0 Å². The lowest BCUT2D eigenvalue weighted by atomic mass is 9.76. The summed E-state index contributed by atoms with van der Waals surface area (Å²) in [5.41, 5.74) is 3.03. The number of carbonyl (C=O) groups is 1.